The van der Waals surface area contributed by atoms with Crippen molar-refractivity contribution >= 4 is 0 Å². The van der Waals surface area contributed by atoms with Crippen molar-refractivity contribution in [2.24, 2.45) is 5.92 Å². The zero-order valence-corrected chi connectivity index (χ0v) is 7.36. The van der Waals surface area contributed by atoms with Gasteiger partial charge in [0.15, 0.2) is 0 Å². The van der Waals surface area contributed by atoms with E-state index < -0.39 is 6.11 Å². The first-order chi connectivity index (χ1) is 5.10. The van der Waals surface area contributed by atoms with Gasteiger partial charge in [0.1, 0.15) is 0 Å². The molecule has 1 nitrogen and oxygen atoms in total. The second-order valence-electron chi connectivity index (χ2n) is 2.59. The fraction of sp³-hybridized carbons (Fsp3) is 1.00. The molecule has 0 bridgehead atoms. The maximum atomic E-state index is 12.2. The fourth-order valence-electron chi connectivity index (χ4n) is 0.834. The van der Waals surface area contributed by atoms with Crippen LogP contribution in [0.4, 0.5) is 8.78 Å². The van der Waals surface area contributed by atoms with Gasteiger partial charge in [0.25, 0.3) is 0 Å². The van der Waals surface area contributed by atoms with Crippen LogP contribution in [0.2, 0.25) is 0 Å². The highest BCUT2D eigenvalue weighted by molar-refractivity contribution is 4.64. The molecule has 1 unspecified atom stereocenters. The van der Waals surface area contributed by atoms with E-state index in [1.807, 2.05) is 20.8 Å². The summed E-state index contributed by atoms with van der Waals surface area (Å²) in [5, 5.41) is 0. The van der Waals surface area contributed by atoms with Gasteiger partial charge < -0.3 is 4.74 Å². The average molecular weight is 166 g/mol. The van der Waals surface area contributed by atoms with Crippen LogP contribution in [0.15, 0.2) is 0 Å². The summed E-state index contributed by atoms with van der Waals surface area (Å²) in [6.07, 6.45) is -2.38. The van der Waals surface area contributed by atoms with Crippen LogP contribution in [0.5, 0.6) is 0 Å². The third-order valence-corrected chi connectivity index (χ3v) is 1.51. The standard InChI is InChI=1S/C6H10F2O.C2H6/c1-5-2-3-6(7,8)9-4-5;1-2/h5H,2-4H2,1H3;1-2H3. The molecule has 1 fully saturated rings. The number of hydrogen-bond donors (Lipinski definition) is 0. The highest BCUT2D eigenvalue weighted by Gasteiger charge is 2.34. The maximum Gasteiger partial charge on any atom is 0.355 e. The van der Waals surface area contributed by atoms with Gasteiger partial charge in [-0.05, 0) is 12.3 Å². The molecule has 0 aromatic heterocycles. The molecule has 1 aliphatic rings. The lowest BCUT2D eigenvalue weighted by Gasteiger charge is -2.25. The Bertz CT molecular complexity index is 94.3. The van der Waals surface area contributed by atoms with E-state index in [-0.39, 0.29) is 13.0 Å². The SMILES string of the molecule is CC.CC1CCC(F)(F)OC1. The van der Waals surface area contributed by atoms with E-state index in [4.69, 9.17) is 0 Å². The van der Waals surface area contributed by atoms with Gasteiger partial charge in [-0.2, -0.15) is 8.78 Å². The van der Waals surface area contributed by atoms with E-state index >= 15 is 0 Å². The van der Waals surface area contributed by atoms with Crippen LogP contribution in [0.25, 0.3) is 0 Å². The minimum atomic E-state index is -2.84. The van der Waals surface area contributed by atoms with Crippen molar-refractivity contribution < 1.29 is 13.5 Å². The van der Waals surface area contributed by atoms with E-state index in [0.29, 0.717) is 12.3 Å². The van der Waals surface area contributed by atoms with Gasteiger partial charge >= 0.3 is 6.11 Å². The maximum absolute atomic E-state index is 12.2. The van der Waals surface area contributed by atoms with Gasteiger partial charge in [0, 0.05) is 6.42 Å². The minimum Gasteiger partial charge on any atom is -0.320 e. The summed E-state index contributed by atoms with van der Waals surface area (Å²) >= 11 is 0. The Morgan fingerprint density at radius 3 is 2.18 bits per heavy atom. The predicted molar refractivity (Wildman–Crippen MR) is 40.6 cm³/mol. The molecule has 1 saturated heterocycles. The second-order valence-corrected chi connectivity index (χ2v) is 2.59. The molecule has 68 valence electrons. The molecule has 1 heterocycles. The molecular weight excluding hydrogens is 150 g/mol. The van der Waals surface area contributed by atoms with E-state index in [0.717, 1.165) is 0 Å². The summed E-state index contributed by atoms with van der Waals surface area (Å²) in [6, 6.07) is 0. The molecule has 0 aromatic carbocycles. The number of alkyl halides is 2. The van der Waals surface area contributed by atoms with Crippen LogP contribution in [0.1, 0.15) is 33.6 Å². The minimum absolute atomic E-state index is 0.117. The quantitative estimate of drug-likeness (QED) is 0.537. The topological polar surface area (TPSA) is 9.23 Å². The fourth-order valence-corrected chi connectivity index (χ4v) is 0.834. The Hall–Kier alpha value is -0.180. The van der Waals surface area contributed by atoms with E-state index in [9.17, 15) is 8.78 Å². The molecule has 11 heavy (non-hydrogen) atoms. The predicted octanol–water partition coefficient (Wildman–Crippen LogP) is 3.05. The summed E-state index contributed by atoms with van der Waals surface area (Å²) in [5.74, 6) is 0.296. The molecule has 0 spiro atoms. The van der Waals surface area contributed by atoms with Gasteiger partial charge in [-0.25, -0.2) is 0 Å². The first-order valence-electron chi connectivity index (χ1n) is 4.12. The van der Waals surface area contributed by atoms with Crippen molar-refractivity contribution in [2.75, 3.05) is 6.61 Å². The Morgan fingerprint density at radius 1 is 1.36 bits per heavy atom. The zero-order valence-electron chi connectivity index (χ0n) is 7.36. The Morgan fingerprint density at radius 2 is 1.91 bits per heavy atom. The Balaban J connectivity index is 0.000000461. The van der Waals surface area contributed by atoms with E-state index in [2.05, 4.69) is 4.74 Å². The molecule has 1 aliphatic heterocycles. The molecule has 1 rings (SSSR count). The zero-order chi connectivity index (χ0) is 8.91. The van der Waals surface area contributed by atoms with Crippen molar-refractivity contribution in [2.45, 2.75) is 39.7 Å². The summed E-state index contributed by atoms with van der Waals surface area (Å²) in [4.78, 5) is 0. The number of hydrogen-bond acceptors (Lipinski definition) is 1. The third-order valence-electron chi connectivity index (χ3n) is 1.51. The molecular formula is C8H16F2O. The van der Waals surface area contributed by atoms with Crippen molar-refractivity contribution in [3.05, 3.63) is 0 Å². The van der Waals surface area contributed by atoms with Gasteiger partial charge in [-0.3, -0.25) is 0 Å². The monoisotopic (exact) mass is 166 g/mol. The lowest BCUT2D eigenvalue weighted by atomic mass is 10.0. The molecule has 0 aromatic rings. The lowest BCUT2D eigenvalue weighted by molar-refractivity contribution is -0.266. The summed E-state index contributed by atoms with van der Waals surface area (Å²) < 4.78 is 28.6. The highest BCUT2D eigenvalue weighted by Crippen LogP contribution is 2.29. The molecule has 1 atom stereocenters. The van der Waals surface area contributed by atoms with Crippen molar-refractivity contribution in [1.82, 2.24) is 0 Å². The molecule has 0 radical (unpaired) electrons. The van der Waals surface area contributed by atoms with Crippen molar-refractivity contribution in [1.29, 1.82) is 0 Å². The average Bonchev–Trinajstić information content (AvgIpc) is 2.00. The first kappa shape index (κ1) is 10.8. The second kappa shape index (κ2) is 4.65. The lowest BCUT2D eigenvalue weighted by Crippen LogP contribution is -2.29. The Kier molecular flexibility index (Phi) is 4.57. The Labute approximate surface area is 66.7 Å². The smallest absolute Gasteiger partial charge is 0.320 e. The summed E-state index contributed by atoms with van der Waals surface area (Å²) in [5.41, 5.74) is 0. The summed E-state index contributed by atoms with van der Waals surface area (Å²) in [7, 11) is 0. The van der Waals surface area contributed by atoms with E-state index in [1.54, 1.807) is 0 Å². The molecule has 0 amide bonds. The van der Waals surface area contributed by atoms with Crippen LogP contribution in [-0.4, -0.2) is 12.7 Å². The number of halogens is 2. The first-order valence-corrected chi connectivity index (χ1v) is 4.12. The van der Waals surface area contributed by atoms with Crippen LogP contribution >= 0.6 is 0 Å². The largest absolute Gasteiger partial charge is 0.355 e. The van der Waals surface area contributed by atoms with Crippen LogP contribution in [-0.2, 0) is 4.74 Å². The number of rotatable bonds is 0. The number of ether oxygens (including phenoxy) is 1. The third kappa shape index (κ3) is 4.30. The van der Waals surface area contributed by atoms with Gasteiger partial charge in [0.05, 0.1) is 6.61 Å². The van der Waals surface area contributed by atoms with Crippen LogP contribution < -0.4 is 0 Å². The van der Waals surface area contributed by atoms with Crippen LogP contribution in [0.3, 0.4) is 0 Å². The molecule has 0 aliphatic carbocycles. The molecule has 0 saturated carbocycles. The van der Waals surface area contributed by atoms with Crippen LogP contribution in [0, 0.1) is 5.92 Å². The molecule has 0 N–H and O–H groups in total. The van der Waals surface area contributed by atoms with Gasteiger partial charge in [-0.15, -0.1) is 0 Å². The van der Waals surface area contributed by atoms with E-state index in [1.165, 1.54) is 0 Å². The highest BCUT2D eigenvalue weighted by atomic mass is 19.3. The van der Waals surface area contributed by atoms with Gasteiger partial charge in [-0.1, -0.05) is 20.8 Å². The normalized spacial score (nSPS) is 28.6. The van der Waals surface area contributed by atoms with Crippen molar-refractivity contribution in [3.8, 4) is 0 Å². The van der Waals surface area contributed by atoms with Crippen molar-refractivity contribution in [3.63, 3.8) is 0 Å². The summed E-state index contributed by atoms with van der Waals surface area (Å²) in [6.45, 7) is 6.11. The van der Waals surface area contributed by atoms with Gasteiger partial charge in [0.2, 0.25) is 0 Å². The molecule has 3 heteroatoms.